The summed E-state index contributed by atoms with van der Waals surface area (Å²) in [6, 6.07) is 7.04. The predicted molar refractivity (Wildman–Crippen MR) is 143 cm³/mol. The molecule has 2 aromatic rings. The van der Waals surface area contributed by atoms with E-state index in [4.69, 9.17) is 14.7 Å². The van der Waals surface area contributed by atoms with E-state index in [1.54, 1.807) is 7.11 Å². The van der Waals surface area contributed by atoms with Gasteiger partial charge in [-0.3, -0.25) is 19.6 Å². The minimum atomic E-state index is 0.276. The third-order valence-electron chi connectivity index (χ3n) is 8.12. The van der Waals surface area contributed by atoms with Crippen LogP contribution >= 0.6 is 0 Å². The monoisotopic (exact) mass is 492 g/mol. The molecule has 8 nitrogen and oxygen atoms in total. The lowest BCUT2D eigenvalue weighted by Gasteiger charge is -2.43. The van der Waals surface area contributed by atoms with E-state index in [2.05, 4.69) is 45.6 Å². The van der Waals surface area contributed by atoms with Gasteiger partial charge in [-0.1, -0.05) is 26.3 Å². The van der Waals surface area contributed by atoms with Gasteiger partial charge in [0, 0.05) is 64.0 Å². The molecule has 1 saturated carbocycles. The van der Waals surface area contributed by atoms with Gasteiger partial charge in [0.2, 0.25) is 5.91 Å². The van der Waals surface area contributed by atoms with Crippen LogP contribution in [-0.4, -0.2) is 103 Å². The number of carbonyl (C=O) groups is 1. The van der Waals surface area contributed by atoms with E-state index in [1.807, 2.05) is 18.5 Å². The van der Waals surface area contributed by atoms with Crippen molar-refractivity contribution in [3.05, 3.63) is 36.2 Å². The van der Waals surface area contributed by atoms with Crippen molar-refractivity contribution in [2.45, 2.75) is 45.1 Å². The third kappa shape index (κ3) is 5.49. The van der Waals surface area contributed by atoms with E-state index < -0.39 is 0 Å². The molecule has 1 aromatic carbocycles. The minimum absolute atomic E-state index is 0.276. The van der Waals surface area contributed by atoms with Crippen molar-refractivity contribution < 1.29 is 9.53 Å². The summed E-state index contributed by atoms with van der Waals surface area (Å²) in [4.78, 5) is 31.5. The standard InChI is InChI=1S/C28H40N6O2/c1-21(2)22-7-8-26(36-3)24(17-22)25-18-30-27(19-29-25)33-11-9-31(10-12-33)20-28(35)34-15-13-32(14-16-34)23-5-4-6-23/h7-8,17-19,21,23H,4-6,9-16,20H2,1-3H3. The smallest absolute Gasteiger partial charge is 0.236 e. The molecule has 36 heavy (non-hydrogen) atoms. The molecule has 3 fully saturated rings. The number of hydrogen-bond acceptors (Lipinski definition) is 7. The van der Waals surface area contributed by atoms with E-state index in [0.29, 0.717) is 12.5 Å². The molecular weight excluding hydrogens is 452 g/mol. The Labute approximate surface area is 215 Å². The average Bonchev–Trinajstić information content (AvgIpc) is 2.88. The summed E-state index contributed by atoms with van der Waals surface area (Å²) in [5.74, 6) is 2.40. The van der Waals surface area contributed by atoms with E-state index in [9.17, 15) is 4.79 Å². The van der Waals surface area contributed by atoms with Gasteiger partial charge in [-0.2, -0.15) is 0 Å². The van der Waals surface area contributed by atoms with Gasteiger partial charge in [0.15, 0.2) is 0 Å². The molecule has 1 aliphatic carbocycles. The highest BCUT2D eigenvalue weighted by Crippen LogP contribution is 2.32. The van der Waals surface area contributed by atoms with Crippen LogP contribution in [0, 0.1) is 0 Å². The maximum atomic E-state index is 12.9. The van der Waals surface area contributed by atoms with Crippen LogP contribution in [0.25, 0.3) is 11.3 Å². The first-order valence-corrected chi connectivity index (χ1v) is 13.5. The number of carbonyl (C=O) groups excluding carboxylic acids is 1. The van der Waals surface area contributed by atoms with Crippen molar-refractivity contribution in [1.29, 1.82) is 0 Å². The number of methoxy groups -OCH3 is 1. The molecule has 194 valence electrons. The molecule has 0 atom stereocenters. The number of nitrogens with zero attached hydrogens (tertiary/aromatic N) is 6. The lowest BCUT2D eigenvalue weighted by molar-refractivity contribution is -0.134. The quantitative estimate of drug-likeness (QED) is 0.589. The fourth-order valence-corrected chi connectivity index (χ4v) is 5.42. The number of ether oxygens (including phenoxy) is 1. The van der Waals surface area contributed by atoms with Gasteiger partial charge in [-0.15, -0.1) is 0 Å². The second-order valence-electron chi connectivity index (χ2n) is 10.6. The Balaban J connectivity index is 1.12. The highest BCUT2D eigenvalue weighted by Gasteiger charge is 2.30. The Kier molecular flexibility index (Phi) is 7.72. The first-order valence-electron chi connectivity index (χ1n) is 13.5. The van der Waals surface area contributed by atoms with Crippen molar-refractivity contribution >= 4 is 11.7 Å². The molecule has 1 amide bonds. The molecule has 8 heteroatoms. The number of aromatic nitrogens is 2. The van der Waals surface area contributed by atoms with Crippen LogP contribution in [0.1, 0.15) is 44.6 Å². The molecule has 0 unspecified atom stereocenters. The molecule has 0 spiro atoms. The van der Waals surface area contributed by atoms with Crippen molar-refractivity contribution in [2.75, 3.05) is 70.9 Å². The van der Waals surface area contributed by atoms with Crippen LogP contribution in [0.4, 0.5) is 5.82 Å². The maximum Gasteiger partial charge on any atom is 0.236 e. The molecular formula is C28H40N6O2. The fourth-order valence-electron chi connectivity index (χ4n) is 5.42. The Morgan fingerprint density at radius 3 is 2.33 bits per heavy atom. The summed E-state index contributed by atoms with van der Waals surface area (Å²) in [7, 11) is 1.69. The largest absolute Gasteiger partial charge is 0.496 e. The Bertz CT molecular complexity index is 1020. The van der Waals surface area contributed by atoms with Crippen molar-refractivity contribution in [2.24, 2.45) is 0 Å². The Morgan fingerprint density at radius 1 is 1.00 bits per heavy atom. The molecule has 3 aliphatic rings. The molecule has 0 radical (unpaired) electrons. The van der Waals surface area contributed by atoms with E-state index in [-0.39, 0.29) is 5.91 Å². The highest BCUT2D eigenvalue weighted by atomic mass is 16.5. The predicted octanol–water partition coefficient (Wildman–Crippen LogP) is 3.09. The van der Waals surface area contributed by atoms with E-state index in [1.165, 1.54) is 24.8 Å². The van der Waals surface area contributed by atoms with Gasteiger partial charge in [-0.25, -0.2) is 4.98 Å². The van der Waals surface area contributed by atoms with Crippen LogP contribution in [-0.2, 0) is 4.79 Å². The van der Waals surface area contributed by atoms with Gasteiger partial charge in [0.1, 0.15) is 11.6 Å². The summed E-state index contributed by atoms with van der Waals surface area (Å²) in [5.41, 5.74) is 3.04. The van der Waals surface area contributed by atoms with Crippen LogP contribution in [0.15, 0.2) is 30.6 Å². The van der Waals surface area contributed by atoms with E-state index >= 15 is 0 Å². The molecule has 0 N–H and O–H groups in total. The summed E-state index contributed by atoms with van der Waals surface area (Å²) < 4.78 is 5.57. The lowest BCUT2D eigenvalue weighted by atomic mass is 9.91. The third-order valence-corrected chi connectivity index (χ3v) is 8.12. The summed E-state index contributed by atoms with van der Waals surface area (Å²) >= 11 is 0. The van der Waals surface area contributed by atoms with Gasteiger partial charge < -0.3 is 14.5 Å². The molecule has 3 heterocycles. The zero-order valence-electron chi connectivity index (χ0n) is 22.0. The first-order chi connectivity index (χ1) is 17.5. The Morgan fingerprint density at radius 2 is 1.75 bits per heavy atom. The molecule has 1 aromatic heterocycles. The summed E-state index contributed by atoms with van der Waals surface area (Å²) in [6.07, 6.45) is 7.75. The first kappa shape index (κ1) is 25.0. The van der Waals surface area contributed by atoms with Crippen LogP contribution < -0.4 is 9.64 Å². The van der Waals surface area contributed by atoms with Crippen molar-refractivity contribution in [3.8, 4) is 17.0 Å². The number of anilines is 1. The second kappa shape index (κ2) is 11.1. The van der Waals surface area contributed by atoms with E-state index in [0.717, 1.165) is 81.2 Å². The summed E-state index contributed by atoms with van der Waals surface area (Å²) in [5, 5.41) is 0. The maximum absolute atomic E-state index is 12.9. The normalized spacial score (nSPS) is 20.0. The molecule has 0 bridgehead atoms. The molecule has 2 saturated heterocycles. The molecule has 5 rings (SSSR count). The van der Waals surface area contributed by atoms with Gasteiger partial charge in [-0.05, 0) is 36.5 Å². The van der Waals surface area contributed by atoms with Gasteiger partial charge in [0.25, 0.3) is 0 Å². The zero-order valence-corrected chi connectivity index (χ0v) is 22.0. The minimum Gasteiger partial charge on any atom is -0.496 e. The topological polar surface area (TPSA) is 65.0 Å². The fraction of sp³-hybridized carbons (Fsp3) is 0.607. The number of amides is 1. The second-order valence-corrected chi connectivity index (χ2v) is 10.6. The lowest BCUT2D eigenvalue weighted by Crippen LogP contribution is -2.56. The van der Waals surface area contributed by atoms with Crippen molar-refractivity contribution in [3.63, 3.8) is 0 Å². The van der Waals surface area contributed by atoms with Gasteiger partial charge in [0.05, 0.1) is 31.7 Å². The Hall–Kier alpha value is -2.71. The SMILES string of the molecule is COc1ccc(C(C)C)cc1-c1cnc(N2CCN(CC(=O)N3CCN(C4CCC4)CC3)CC2)cn1. The number of hydrogen-bond donors (Lipinski definition) is 0. The average molecular weight is 493 g/mol. The van der Waals surface area contributed by atoms with Crippen LogP contribution in [0.3, 0.4) is 0 Å². The zero-order chi connectivity index (χ0) is 25.1. The van der Waals surface area contributed by atoms with Gasteiger partial charge >= 0.3 is 0 Å². The summed E-state index contributed by atoms with van der Waals surface area (Å²) in [6.45, 7) is 12.1. The number of rotatable bonds is 7. The van der Waals surface area contributed by atoms with Crippen molar-refractivity contribution in [1.82, 2.24) is 24.7 Å². The molecule has 2 aliphatic heterocycles. The number of benzene rings is 1. The van der Waals surface area contributed by atoms with Crippen LogP contribution in [0.5, 0.6) is 5.75 Å². The highest BCUT2D eigenvalue weighted by molar-refractivity contribution is 5.78. The van der Waals surface area contributed by atoms with Crippen LogP contribution in [0.2, 0.25) is 0 Å². The number of piperazine rings is 2.